The molecule has 1 unspecified atom stereocenters. The molecule has 0 aromatic heterocycles. The zero-order valence-electron chi connectivity index (χ0n) is 15.4. The summed E-state index contributed by atoms with van der Waals surface area (Å²) in [5, 5.41) is 7.40. The molecule has 1 amide bonds. The molecule has 7 nitrogen and oxygen atoms in total. The Kier molecular flexibility index (Phi) is 5.89. The van der Waals surface area contributed by atoms with Gasteiger partial charge in [-0.15, -0.1) is 0 Å². The number of sulfone groups is 1. The van der Waals surface area contributed by atoms with E-state index in [1.165, 1.54) is 0 Å². The van der Waals surface area contributed by atoms with Crippen LogP contribution in [0.2, 0.25) is 5.02 Å². The molecule has 2 fully saturated rings. The summed E-state index contributed by atoms with van der Waals surface area (Å²) in [6, 6.07) is 1.09. The smallest absolute Gasteiger partial charge is 0.422 e. The van der Waals surface area contributed by atoms with E-state index < -0.39 is 86.9 Å². The number of alkyl halides is 5. The number of carbonyl (C=O) groups is 2. The van der Waals surface area contributed by atoms with Crippen molar-refractivity contribution in [1.82, 2.24) is 4.90 Å². The second kappa shape index (κ2) is 7.76. The highest BCUT2D eigenvalue weighted by atomic mass is 35.5. The highest BCUT2D eigenvalue weighted by molar-refractivity contribution is 7.92. The fraction of sp³-hybridized carbons (Fsp3) is 0.529. The number of carboxylic acids is 1. The number of rotatable bonds is 6. The summed E-state index contributed by atoms with van der Waals surface area (Å²) >= 11 is 5.90. The summed E-state index contributed by atoms with van der Waals surface area (Å²) in [6.07, 6.45) is -5.91. The van der Waals surface area contributed by atoms with Crippen molar-refractivity contribution in [3.63, 3.8) is 0 Å². The largest absolute Gasteiger partial charge is 0.484 e. The zero-order valence-corrected chi connectivity index (χ0v) is 17.0. The quantitative estimate of drug-likeness (QED) is 0.614. The summed E-state index contributed by atoms with van der Waals surface area (Å²) in [7, 11) is -4.35. The summed E-state index contributed by atoms with van der Waals surface area (Å²) < 4.78 is 93.6. The molecule has 14 heteroatoms. The van der Waals surface area contributed by atoms with E-state index in [4.69, 9.17) is 11.6 Å². The van der Waals surface area contributed by atoms with E-state index in [0.29, 0.717) is 4.90 Å². The third-order valence-corrected chi connectivity index (χ3v) is 7.62. The SMILES string of the molecule is O=C(O)[C@@H]1C[C@@H](S(=O)(=O)c2ccc(OCC(F)(F)F)cc2Cl)CN1C(=O)C1CC1(F)F. The van der Waals surface area contributed by atoms with Gasteiger partial charge in [-0.05, 0) is 18.6 Å². The van der Waals surface area contributed by atoms with Gasteiger partial charge in [-0.2, -0.15) is 13.2 Å². The minimum absolute atomic E-state index is 0.344. The average molecular weight is 492 g/mol. The first-order valence-electron chi connectivity index (χ1n) is 8.77. The second-order valence-electron chi connectivity index (χ2n) is 7.26. The van der Waals surface area contributed by atoms with E-state index in [9.17, 15) is 45.1 Å². The molecule has 1 aliphatic heterocycles. The Labute approximate surface area is 177 Å². The van der Waals surface area contributed by atoms with Crippen LogP contribution in [0, 0.1) is 5.92 Å². The molecule has 172 valence electrons. The van der Waals surface area contributed by atoms with Gasteiger partial charge in [0.1, 0.15) is 17.7 Å². The topological polar surface area (TPSA) is 101 Å². The molecule has 0 bridgehead atoms. The summed E-state index contributed by atoms with van der Waals surface area (Å²) in [5.41, 5.74) is 0. The van der Waals surface area contributed by atoms with Crippen LogP contribution in [-0.4, -0.2) is 66.8 Å². The van der Waals surface area contributed by atoms with Crippen LogP contribution in [0.5, 0.6) is 5.75 Å². The van der Waals surface area contributed by atoms with Crippen LogP contribution in [0.15, 0.2) is 23.1 Å². The van der Waals surface area contributed by atoms with Crippen LogP contribution < -0.4 is 4.74 Å². The van der Waals surface area contributed by atoms with Gasteiger partial charge in [-0.3, -0.25) is 4.79 Å². The minimum atomic E-state index is -4.62. The van der Waals surface area contributed by atoms with Gasteiger partial charge in [0.05, 0.1) is 15.2 Å². The third-order valence-electron chi connectivity index (χ3n) is 5.01. The Morgan fingerprint density at radius 1 is 1.29 bits per heavy atom. The zero-order chi connectivity index (χ0) is 23.4. The van der Waals surface area contributed by atoms with Gasteiger partial charge in [-0.25, -0.2) is 22.0 Å². The van der Waals surface area contributed by atoms with E-state index in [2.05, 4.69) is 4.74 Å². The third kappa shape index (κ3) is 4.86. The number of likely N-dealkylation sites (tertiary alicyclic amines) is 1. The highest BCUT2D eigenvalue weighted by Crippen LogP contribution is 2.50. The molecule has 1 aromatic rings. The van der Waals surface area contributed by atoms with Crippen molar-refractivity contribution in [2.45, 2.75) is 41.1 Å². The number of ether oxygens (including phenoxy) is 1. The van der Waals surface area contributed by atoms with Crippen LogP contribution in [0.25, 0.3) is 0 Å². The molecular formula is C17H15ClF5NO6S. The highest BCUT2D eigenvalue weighted by Gasteiger charge is 2.64. The average Bonchev–Trinajstić information content (AvgIpc) is 3.07. The standard InChI is InChI=1S/C17H15ClF5NO6S/c18-11-3-8(30-7-17(21,22)23)1-2-13(11)31(28,29)9-4-12(15(26)27)24(6-9)14(25)10-5-16(10,19)20/h1-3,9-10,12H,4-7H2,(H,26,27)/t9-,10?,12+/m1/s1. The van der Waals surface area contributed by atoms with Crippen LogP contribution in [0.4, 0.5) is 22.0 Å². The maximum atomic E-state index is 13.2. The molecule has 1 aromatic carbocycles. The van der Waals surface area contributed by atoms with Gasteiger partial charge in [0, 0.05) is 19.0 Å². The van der Waals surface area contributed by atoms with Gasteiger partial charge in [0.15, 0.2) is 16.4 Å². The van der Waals surface area contributed by atoms with Crippen molar-refractivity contribution in [3.8, 4) is 5.75 Å². The number of amides is 1. The Morgan fingerprint density at radius 2 is 1.90 bits per heavy atom. The lowest BCUT2D eigenvalue weighted by Crippen LogP contribution is -2.42. The van der Waals surface area contributed by atoms with Crippen molar-refractivity contribution in [2.75, 3.05) is 13.2 Å². The van der Waals surface area contributed by atoms with Crippen molar-refractivity contribution < 1.29 is 49.8 Å². The van der Waals surface area contributed by atoms with E-state index in [1.807, 2.05) is 0 Å². The Bertz CT molecular complexity index is 1010. The van der Waals surface area contributed by atoms with Gasteiger partial charge in [-0.1, -0.05) is 11.6 Å². The molecule has 1 heterocycles. The van der Waals surface area contributed by atoms with Crippen LogP contribution in [-0.2, 0) is 19.4 Å². The van der Waals surface area contributed by atoms with Crippen molar-refractivity contribution in [1.29, 1.82) is 0 Å². The minimum Gasteiger partial charge on any atom is -0.484 e. The Hall–Kier alpha value is -2.15. The van der Waals surface area contributed by atoms with Gasteiger partial charge < -0.3 is 14.7 Å². The molecule has 1 saturated carbocycles. The number of nitrogens with zero attached hydrogens (tertiary/aromatic N) is 1. The first-order chi connectivity index (χ1) is 14.1. The van der Waals surface area contributed by atoms with Gasteiger partial charge in [0.25, 0.3) is 5.92 Å². The van der Waals surface area contributed by atoms with E-state index in [-0.39, 0.29) is 5.75 Å². The number of halogens is 6. The monoisotopic (exact) mass is 491 g/mol. The first-order valence-corrected chi connectivity index (χ1v) is 10.7. The van der Waals surface area contributed by atoms with Crippen LogP contribution in [0.3, 0.4) is 0 Å². The molecular weight excluding hydrogens is 477 g/mol. The maximum absolute atomic E-state index is 13.2. The summed E-state index contributed by atoms with van der Waals surface area (Å²) in [6.45, 7) is -2.26. The molecule has 3 atom stereocenters. The summed E-state index contributed by atoms with van der Waals surface area (Å²) in [4.78, 5) is 23.9. The molecule has 31 heavy (non-hydrogen) atoms. The number of aliphatic carboxylic acids is 1. The predicted octanol–water partition coefficient (Wildman–Crippen LogP) is 2.76. The van der Waals surface area contributed by atoms with Gasteiger partial charge in [0.2, 0.25) is 5.91 Å². The van der Waals surface area contributed by atoms with Crippen molar-refractivity contribution in [3.05, 3.63) is 23.2 Å². The van der Waals surface area contributed by atoms with E-state index in [0.717, 1.165) is 18.2 Å². The first kappa shape index (κ1) is 23.5. The molecule has 1 saturated heterocycles. The molecule has 0 radical (unpaired) electrons. The molecule has 1 aliphatic carbocycles. The number of hydrogen-bond acceptors (Lipinski definition) is 5. The normalized spacial score (nSPS) is 25.4. The van der Waals surface area contributed by atoms with Gasteiger partial charge >= 0.3 is 12.1 Å². The lowest BCUT2D eigenvalue weighted by atomic mass is 10.2. The fourth-order valence-electron chi connectivity index (χ4n) is 3.33. The molecule has 1 N–H and O–H groups in total. The predicted molar refractivity (Wildman–Crippen MR) is 94.8 cm³/mol. The molecule has 3 rings (SSSR count). The number of carboxylic acid groups (broad SMARTS) is 1. The number of benzene rings is 1. The van der Waals surface area contributed by atoms with Crippen LogP contribution >= 0.6 is 11.6 Å². The van der Waals surface area contributed by atoms with E-state index in [1.54, 1.807) is 0 Å². The van der Waals surface area contributed by atoms with Crippen LogP contribution in [0.1, 0.15) is 12.8 Å². The Morgan fingerprint density at radius 3 is 2.39 bits per heavy atom. The maximum Gasteiger partial charge on any atom is 0.422 e. The number of carbonyl (C=O) groups excluding carboxylic acids is 1. The fourth-order valence-corrected chi connectivity index (χ4v) is 5.56. The lowest BCUT2D eigenvalue weighted by molar-refractivity contribution is -0.153. The van der Waals surface area contributed by atoms with Crippen molar-refractivity contribution in [2.24, 2.45) is 5.92 Å². The lowest BCUT2D eigenvalue weighted by Gasteiger charge is -2.21. The molecule has 0 spiro atoms. The number of hydrogen-bond donors (Lipinski definition) is 1. The second-order valence-corrected chi connectivity index (χ2v) is 9.86. The molecule has 2 aliphatic rings. The summed E-state index contributed by atoms with van der Waals surface area (Å²) in [5.74, 6) is -7.98. The van der Waals surface area contributed by atoms with E-state index >= 15 is 0 Å². The Balaban J connectivity index is 1.81. The van der Waals surface area contributed by atoms with Crippen molar-refractivity contribution >= 4 is 33.3 Å².